The van der Waals surface area contributed by atoms with Crippen molar-refractivity contribution in [3.63, 3.8) is 0 Å². The van der Waals surface area contributed by atoms with Crippen molar-refractivity contribution >= 4 is 5.78 Å². The summed E-state index contributed by atoms with van der Waals surface area (Å²) in [6.45, 7) is 5.90. The molecule has 0 fully saturated rings. The van der Waals surface area contributed by atoms with Gasteiger partial charge in [-0.2, -0.15) is 9.50 Å². The van der Waals surface area contributed by atoms with Crippen molar-refractivity contribution in [2.75, 3.05) is 0 Å². The van der Waals surface area contributed by atoms with E-state index in [0.29, 0.717) is 11.5 Å². The van der Waals surface area contributed by atoms with Gasteiger partial charge in [-0.05, 0) is 26.7 Å². The Morgan fingerprint density at radius 3 is 2.79 bits per heavy atom. The molecule has 2 aromatic heterocycles. The molecule has 2 aromatic rings. The summed E-state index contributed by atoms with van der Waals surface area (Å²) in [5.74, 6) is 1.51. The monoisotopic (exact) mass is 263 g/mol. The second-order valence-electron chi connectivity index (χ2n) is 5.29. The quantitative estimate of drug-likeness (QED) is 0.852. The van der Waals surface area contributed by atoms with Gasteiger partial charge in [-0.25, -0.2) is 4.98 Å². The van der Waals surface area contributed by atoms with Gasteiger partial charge in [-0.15, -0.1) is 0 Å². The van der Waals surface area contributed by atoms with Gasteiger partial charge in [-0.1, -0.05) is 13.3 Å². The van der Waals surface area contributed by atoms with Crippen molar-refractivity contribution in [3.05, 3.63) is 27.9 Å². The summed E-state index contributed by atoms with van der Waals surface area (Å²) >= 11 is 0. The first-order valence-corrected chi connectivity index (χ1v) is 6.69. The molecule has 0 bridgehead atoms. The lowest BCUT2D eigenvalue weighted by atomic mass is 10.0. The number of aromatic amines is 1. The lowest BCUT2D eigenvalue weighted by Gasteiger charge is -2.09. The Kier molecular flexibility index (Phi) is 3.99. The van der Waals surface area contributed by atoms with Gasteiger partial charge in [-0.3, -0.25) is 9.89 Å². The van der Waals surface area contributed by atoms with E-state index < -0.39 is 0 Å². The van der Waals surface area contributed by atoms with Crippen molar-refractivity contribution in [1.29, 1.82) is 0 Å². The first-order chi connectivity index (χ1) is 8.97. The zero-order valence-electron chi connectivity index (χ0n) is 11.7. The summed E-state index contributed by atoms with van der Waals surface area (Å²) in [5, 5.41) is 3.03. The lowest BCUT2D eigenvalue weighted by molar-refractivity contribution is 0.543. The molecular weight excluding hydrogens is 242 g/mol. The Bertz CT molecular complexity index is 613. The van der Waals surface area contributed by atoms with E-state index in [9.17, 15) is 4.79 Å². The van der Waals surface area contributed by atoms with E-state index in [-0.39, 0.29) is 17.5 Å². The molecule has 2 atom stereocenters. The van der Waals surface area contributed by atoms with Gasteiger partial charge in [0.2, 0.25) is 0 Å². The van der Waals surface area contributed by atoms with E-state index >= 15 is 0 Å². The molecule has 104 valence electrons. The molecule has 2 unspecified atom stereocenters. The second kappa shape index (κ2) is 5.52. The second-order valence-corrected chi connectivity index (χ2v) is 5.29. The Morgan fingerprint density at radius 2 is 2.11 bits per heavy atom. The largest absolute Gasteiger partial charge is 0.328 e. The summed E-state index contributed by atoms with van der Waals surface area (Å²) in [7, 11) is 0. The highest BCUT2D eigenvalue weighted by Gasteiger charge is 2.12. The van der Waals surface area contributed by atoms with Crippen LogP contribution in [0.15, 0.2) is 10.9 Å². The van der Waals surface area contributed by atoms with Crippen LogP contribution >= 0.6 is 0 Å². The van der Waals surface area contributed by atoms with E-state index in [1.165, 1.54) is 10.6 Å². The predicted octanol–water partition coefficient (Wildman–Crippen LogP) is 1.35. The smallest absolute Gasteiger partial charge is 0.274 e. The van der Waals surface area contributed by atoms with Crippen LogP contribution in [0.5, 0.6) is 0 Å². The van der Waals surface area contributed by atoms with Crippen LogP contribution in [-0.4, -0.2) is 25.6 Å². The number of nitrogens with one attached hydrogen (secondary N) is 1. The fraction of sp³-hybridized carbons (Fsp3) is 0.615. The number of hydrogen-bond donors (Lipinski definition) is 2. The third-order valence-corrected chi connectivity index (χ3v) is 3.24. The zero-order valence-corrected chi connectivity index (χ0v) is 11.7. The minimum absolute atomic E-state index is 0.121. The average Bonchev–Trinajstić information content (AvgIpc) is 2.72. The first kappa shape index (κ1) is 13.7. The highest BCUT2D eigenvalue weighted by atomic mass is 16.1. The minimum Gasteiger partial charge on any atom is -0.328 e. The van der Waals surface area contributed by atoms with E-state index in [1.54, 1.807) is 6.92 Å². The summed E-state index contributed by atoms with van der Waals surface area (Å²) in [4.78, 5) is 20.4. The number of nitrogens with zero attached hydrogens (tertiary/aromatic N) is 3. The number of H-pyrrole nitrogens is 1. The van der Waals surface area contributed by atoms with Crippen LogP contribution in [0.4, 0.5) is 0 Å². The van der Waals surface area contributed by atoms with Crippen molar-refractivity contribution in [1.82, 2.24) is 19.6 Å². The molecule has 0 aromatic carbocycles. The third-order valence-electron chi connectivity index (χ3n) is 3.24. The number of hydrogen-bond acceptors (Lipinski definition) is 4. The van der Waals surface area contributed by atoms with Gasteiger partial charge in [0.25, 0.3) is 11.3 Å². The zero-order chi connectivity index (χ0) is 14.0. The van der Waals surface area contributed by atoms with E-state index in [0.717, 1.165) is 25.1 Å². The standard InChI is InChI=1S/C13H21N5O/c1-8(5-4-6-9(2)14)12-16-13-15-10(3)7-11(19)18(13)17-12/h7-9H,4-6,14H2,1-3H3,(H,15,16,17). The van der Waals surface area contributed by atoms with E-state index in [4.69, 9.17) is 5.73 Å². The molecule has 0 saturated heterocycles. The number of fused-ring (bicyclic) bond motifs is 1. The summed E-state index contributed by atoms with van der Waals surface area (Å²) in [6.07, 6.45) is 3.05. The van der Waals surface area contributed by atoms with Gasteiger partial charge >= 0.3 is 0 Å². The fourth-order valence-electron chi connectivity index (χ4n) is 2.11. The van der Waals surface area contributed by atoms with Crippen molar-refractivity contribution in [2.24, 2.45) is 5.73 Å². The molecule has 0 radical (unpaired) electrons. The molecule has 2 heterocycles. The Morgan fingerprint density at radius 1 is 1.37 bits per heavy atom. The van der Waals surface area contributed by atoms with Crippen molar-refractivity contribution in [3.8, 4) is 0 Å². The average molecular weight is 263 g/mol. The number of aromatic nitrogens is 4. The number of aryl methyl sites for hydroxylation is 1. The molecule has 6 heteroatoms. The highest BCUT2D eigenvalue weighted by Crippen LogP contribution is 2.18. The maximum absolute atomic E-state index is 11.8. The van der Waals surface area contributed by atoms with E-state index in [1.807, 2.05) is 6.92 Å². The molecule has 0 amide bonds. The van der Waals surface area contributed by atoms with Crippen LogP contribution in [0.2, 0.25) is 0 Å². The van der Waals surface area contributed by atoms with Crippen molar-refractivity contribution < 1.29 is 0 Å². The van der Waals surface area contributed by atoms with Crippen LogP contribution in [0.1, 0.15) is 50.5 Å². The number of rotatable bonds is 5. The Hall–Kier alpha value is -1.69. The Labute approximate surface area is 112 Å². The normalized spacial score (nSPS) is 14.7. The lowest BCUT2D eigenvalue weighted by Crippen LogP contribution is -2.15. The SMILES string of the molecule is Cc1cc(=O)n2[nH]c(C(C)CCCC(C)N)nc2n1. The fourth-order valence-corrected chi connectivity index (χ4v) is 2.11. The molecule has 0 aliphatic rings. The number of nitrogens with two attached hydrogens (primary N) is 1. The predicted molar refractivity (Wildman–Crippen MR) is 74.3 cm³/mol. The van der Waals surface area contributed by atoms with Gasteiger partial charge in [0.05, 0.1) is 0 Å². The maximum atomic E-state index is 11.8. The third kappa shape index (κ3) is 3.20. The van der Waals surface area contributed by atoms with Crippen LogP contribution < -0.4 is 11.3 Å². The summed E-state index contributed by atoms with van der Waals surface area (Å²) in [6, 6.07) is 1.73. The van der Waals surface area contributed by atoms with E-state index in [2.05, 4.69) is 22.0 Å². The van der Waals surface area contributed by atoms with Crippen LogP contribution in [0.3, 0.4) is 0 Å². The van der Waals surface area contributed by atoms with Crippen LogP contribution in [0.25, 0.3) is 5.78 Å². The molecule has 0 aliphatic carbocycles. The van der Waals surface area contributed by atoms with Gasteiger partial charge in [0, 0.05) is 23.7 Å². The topological polar surface area (TPSA) is 89.1 Å². The first-order valence-electron chi connectivity index (χ1n) is 6.69. The van der Waals surface area contributed by atoms with Crippen molar-refractivity contribution in [2.45, 2.75) is 52.0 Å². The van der Waals surface area contributed by atoms with Crippen LogP contribution in [0, 0.1) is 6.92 Å². The van der Waals surface area contributed by atoms with Gasteiger partial charge in [0.1, 0.15) is 5.82 Å². The van der Waals surface area contributed by atoms with Crippen LogP contribution in [-0.2, 0) is 0 Å². The molecule has 0 saturated carbocycles. The maximum Gasteiger partial charge on any atom is 0.274 e. The molecule has 6 nitrogen and oxygen atoms in total. The molecule has 0 spiro atoms. The van der Waals surface area contributed by atoms with Gasteiger partial charge < -0.3 is 5.73 Å². The summed E-state index contributed by atoms with van der Waals surface area (Å²) in [5.41, 5.74) is 6.30. The molecule has 19 heavy (non-hydrogen) atoms. The minimum atomic E-state index is -0.121. The molecule has 3 N–H and O–H groups in total. The highest BCUT2D eigenvalue weighted by molar-refractivity contribution is 5.28. The summed E-state index contributed by atoms with van der Waals surface area (Å²) < 4.78 is 1.39. The molecule has 0 aliphatic heterocycles. The van der Waals surface area contributed by atoms with Gasteiger partial charge in [0.15, 0.2) is 0 Å². The molecule has 2 rings (SSSR count). The Balaban J connectivity index is 2.17. The molecular formula is C13H21N5O.